The van der Waals surface area contributed by atoms with Crippen LogP contribution >= 0.6 is 12.4 Å². The van der Waals surface area contributed by atoms with Gasteiger partial charge in [0.25, 0.3) is 0 Å². The SMILES string of the molecule is Cl.O=C1CNC(c2ccccc2)c2ccccc2N1. The zero-order valence-corrected chi connectivity index (χ0v) is 11.1. The fourth-order valence-electron chi connectivity index (χ4n) is 2.30. The predicted molar refractivity (Wildman–Crippen MR) is 78.6 cm³/mol. The Morgan fingerprint density at radius 1 is 0.947 bits per heavy atom. The van der Waals surface area contributed by atoms with Gasteiger partial charge in [0.15, 0.2) is 0 Å². The third-order valence-corrected chi connectivity index (χ3v) is 3.15. The second-order valence-electron chi connectivity index (χ2n) is 4.36. The van der Waals surface area contributed by atoms with Crippen LogP contribution in [0.25, 0.3) is 0 Å². The van der Waals surface area contributed by atoms with Crippen LogP contribution in [0, 0.1) is 0 Å². The molecule has 0 saturated carbocycles. The molecule has 3 rings (SSSR count). The van der Waals surface area contributed by atoms with E-state index in [0.29, 0.717) is 6.54 Å². The molecule has 19 heavy (non-hydrogen) atoms. The van der Waals surface area contributed by atoms with Crippen molar-refractivity contribution in [3.05, 3.63) is 65.7 Å². The average molecular weight is 275 g/mol. The van der Waals surface area contributed by atoms with Crippen LogP contribution in [0.15, 0.2) is 54.6 Å². The first-order valence-corrected chi connectivity index (χ1v) is 6.02. The van der Waals surface area contributed by atoms with E-state index in [1.165, 1.54) is 5.56 Å². The number of carbonyl (C=O) groups excluding carboxylic acids is 1. The first-order chi connectivity index (χ1) is 8.84. The maximum atomic E-state index is 11.6. The van der Waals surface area contributed by atoms with Crippen LogP contribution in [0.5, 0.6) is 0 Å². The molecule has 0 saturated heterocycles. The molecule has 1 aliphatic rings. The Balaban J connectivity index is 0.00000133. The molecule has 1 heterocycles. The predicted octanol–water partition coefficient (Wildman–Crippen LogP) is 2.74. The number of anilines is 1. The lowest BCUT2D eigenvalue weighted by atomic mass is 9.97. The number of rotatable bonds is 1. The van der Waals surface area contributed by atoms with Crippen molar-refractivity contribution in [2.75, 3.05) is 11.9 Å². The average Bonchev–Trinajstić information content (AvgIpc) is 2.58. The Morgan fingerprint density at radius 3 is 2.42 bits per heavy atom. The zero-order valence-electron chi connectivity index (χ0n) is 10.3. The molecule has 98 valence electrons. The lowest BCUT2D eigenvalue weighted by Crippen LogP contribution is -2.27. The number of carbonyl (C=O) groups is 1. The Labute approximate surface area is 118 Å². The van der Waals surface area contributed by atoms with Crippen molar-refractivity contribution in [1.82, 2.24) is 5.32 Å². The third kappa shape index (κ3) is 2.78. The maximum absolute atomic E-state index is 11.6. The Kier molecular flexibility index (Phi) is 4.20. The normalized spacial score (nSPS) is 17.7. The van der Waals surface area contributed by atoms with Gasteiger partial charge in [-0.25, -0.2) is 0 Å². The number of halogens is 1. The molecule has 1 amide bonds. The van der Waals surface area contributed by atoms with Gasteiger partial charge in [-0.2, -0.15) is 0 Å². The molecule has 2 aromatic carbocycles. The standard InChI is InChI=1S/C15H14N2O.ClH/c18-14-10-16-15(11-6-2-1-3-7-11)12-8-4-5-9-13(12)17-14;/h1-9,15-16H,10H2,(H,17,18);1H. The number of amides is 1. The van der Waals surface area contributed by atoms with Gasteiger partial charge in [0.1, 0.15) is 0 Å². The maximum Gasteiger partial charge on any atom is 0.238 e. The van der Waals surface area contributed by atoms with Crippen LogP contribution in [0.1, 0.15) is 17.2 Å². The molecular weight excluding hydrogens is 260 g/mol. The molecular formula is C15H15ClN2O. The minimum absolute atomic E-state index is 0. The molecule has 2 aromatic rings. The van der Waals surface area contributed by atoms with Crippen molar-refractivity contribution < 1.29 is 4.79 Å². The van der Waals surface area contributed by atoms with Crippen molar-refractivity contribution in [3.63, 3.8) is 0 Å². The highest BCUT2D eigenvalue weighted by Crippen LogP contribution is 2.29. The van der Waals surface area contributed by atoms with Gasteiger partial charge in [0.2, 0.25) is 5.91 Å². The molecule has 0 radical (unpaired) electrons. The van der Waals surface area contributed by atoms with E-state index in [1.54, 1.807) is 0 Å². The van der Waals surface area contributed by atoms with Crippen molar-refractivity contribution in [2.24, 2.45) is 0 Å². The number of fused-ring (bicyclic) bond motifs is 1. The monoisotopic (exact) mass is 274 g/mol. The van der Waals surface area contributed by atoms with Gasteiger partial charge in [-0.1, -0.05) is 48.5 Å². The zero-order chi connectivity index (χ0) is 12.4. The smallest absolute Gasteiger partial charge is 0.238 e. The minimum Gasteiger partial charge on any atom is -0.325 e. The summed E-state index contributed by atoms with van der Waals surface area (Å²) in [5.41, 5.74) is 3.16. The van der Waals surface area contributed by atoms with Gasteiger partial charge in [-0.3, -0.25) is 10.1 Å². The molecule has 1 atom stereocenters. The lowest BCUT2D eigenvalue weighted by Gasteiger charge is -2.18. The number of para-hydroxylation sites is 1. The van der Waals surface area contributed by atoms with E-state index in [-0.39, 0.29) is 24.4 Å². The van der Waals surface area contributed by atoms with Crippen LogP contribution in [0.4, 0.5) is 5.69 Å². The molecule has 0 bridgehead atoms. The number of nitrogens with one attached hydrogen (secondary N) is 2. The number of hydrogen-bond donors (Lipinski definition) is 2. The molecule has 0 aromatic heterocycles. The van der Waals surface area contributed by atoms with E-state index in [2.05, 4.69) is 22.8 Å². The van der Waals surface area contributed by atoms with E-state index < -0.39 is 0 Å². The quantitative estimate of drug-likeness (QED) is 0.840. The van der Waals surface area contributed by atoms with E-state index in [0.717, 1.165) is 11.3 Å². The summed E-state index contributed by atoms with van der Waals surface area (Å²) in [4.78, 5) is 11.6. The van der Waals surface area contributed by atoms with Gasteiger partial charge >= 0.3 is 0 Å². The Morgan fingerprint density at radius 2 is 1.63 bits per heavy atom. The van der Waals surface area contributed by atoms with Gasteiger partial charge in [-0.05, 0) is 17.2 Å². The molecule has 3 nitrogen and oxygen atoms in total. The summed E-state index contributed by atoms with van der Waals surface area (Å²) in [6.07, 6.45) is 0. The van der Waals surface area contributed by atoms with Gasteiger partial charge in [-0.15, -0.1) is 12.4 Å². The summed E-state index contributed by atoms with van der Waals surface area (Å²) in [5.74, 6) is 0.000816. The summed E-state index contributed by atoms with van der Waals surface area (Å²) in [7, 11) is 0. The highest BCUT2D eigenvalue weighted by atomic mass is 35.5. The first-order valence-electron chi connectivity index (χ1n) is 6.02. The van der Waals surface area contributed by atoms with Crippen molar-refractivity contribution in [1.29, 1.82) is 0 Å². The third-order valence-electron chi connectivity index (χ3n) is 3.15. The molecule has 2 N–H and O–H groups in total. The summed E-state index contributed by atoms with van der Waals surface area (Å²) >= 11 is 0. The second kappa shape index (κ2) is 5.87. The number of benzene rings is 2. The van der Waals surface area contributed by atoms with Gasteiger partial charge in [0, 0.05) is 5.69 Å². The molecule has 1 unspecified atom stereocenters. The van der Waals surface area contributed by atoms with Gasteiger partial charge < -0.3 is 5.32 Å². The van der Waals surface area contributed by atoms with Crippen molar-refractivity contribution >= 4 is 24.0 Å². The van der Waals surface area contributed by atoms with Crippen LogP contribution < -0.4 is 10.6 Å². The van der Waals surface area contributed by atoms with E-state index in [4.69, 9.17) is 0 Å². The fraction of sp³-hybridized carbons (Fsp3) is 0.133. The molecule has 0 spiro atoms. The summed E-state index contributed by atoms with van der Waals surface area (Å²) < 4.78 is 0. The summed E-state index contributed by atoms with van der Waals surface area (Å²) in [5, 5.41) is 6.21. The fourth-order valence-corrected chi connectivity index (χ4v) is 2.30. The van der Waals surface area contributed by atoms with Crippen LogP contribution in [-0.2, 0) is 4.79 Å². The minimum atomic E-state index is 0. The molecule has 0 aliphatic carbocycles. The highest BCUT2D eigenvalue weighted by molar-refractivity contribution is 5.94. The molecule has 0 fully saturated rings. The Hall–Kier alpha value is -1.84. The largest absolute Gasteiger partial charge is 0.325 e. The summed E-state index contributed by atoms with van der Waals surface area (Å²) in [6, 6.07) is 18.1. The Bertz CT molecular complexity index is 571. The van der Waals surface area contributed by atoms with E-state index in [1.807, 2.05) is 42.5 Å². The topological polar surface area (TPSA) is 41.1 Å². The van der Waals surface area contributed by atoms with Crippen LogP contribution in [-0.4, -0.2) is 12.5 Å². The highest BCUT2D eigenvalue weighted by Gasteiger charge is 2.21. The second-order valence-corrected chi connectivity index (χ2v) is 4.36. The van der Waals surface area contributed by atoms with Gasteiger partial charge in [0.05, 0.1) is 12.6 Å². The molecule has 1 aliphatic heterocycles. The van der Waals surface area contributed by atoms with Crippen molar-refractivity contribution in [2.45, 2.75) is 6.04 Å². The number of hydrogen-bond acceptors (Lipinski definition) is 2. The van der Waals surface area contributed by atoms with E-state index in [9.17, 15) is 4.79 Å². The van der Waals surface area contributed by atoms with E-state index >= 15 is 0 Å². The molecule has 4 heteroatoms. The summed E-state index contributed by atoms with van der Waals surface area (Å²) in [6.45, 7) is 0.328. The van der Waals surface area contributed by atoms with Crippen LogP contribution in [0.3, 0.4) is 0 Å². The lowest BCUT2D eigenvalue weighted by molar-refractivity contribution is -0.115. The van der Waals surface area contributed by atoms with Crippen LogP contribution in [0.2, 0.25) is 0 Å². The van der Waals surface area contributed by atoms with Crippen molar-refractivity contribution in [3.8, 4) is 0 Å². The first kappa shape index (κ1) is 13.6.